The van der Waals surface area contributed by atoms with E-state index in [1.54, 1.807) is 0 Å². The van der Waals surface area contributed by atoms with Gasteiger partial charge >= 0.3 is 0 Å². The lowest BCUT2D eigenvalue weighted by molar-refractivity contribution is -0.123. The number of carbonyl (C=O) groups is 1. The molecular weight excluding hydrogens is 290 g/mol. The van der Waals surface area contributed by atoms with E-state index < -0.39 is 0 Å². The zero-order valence-electron chi connectivity index (χ0n) is 14.6. The summed E-state index contributed by atoms with van der Waals surface area (Å²) < 4.78 is 0. The molecule has 128 valence electrons. The van der Waals surface area contributed by atoms with Gasteiger partial charge in [-0.25, -0.2) is 0 Å². The van der Waals surface area contributed by atoms with Crippen LogP contribution < -0.4 is 5.32 Å². The van der Waals surface area contributed by atoms with Gasteiger partial charge in [-0.3, -0.25) is 19.7 Å². The molecule has 6 nitrogen and oxygen atoms in total. The first-order chi connectivity index (χ1) is 11.0. The predicted octanol–water partition coefficient (Wildman–Crippen LogP) is 0.972. The summed E-state index contributed by atoms with van der Waals surface area (Å²) in [5.41, 5.74) is 2.43. The maximum absolute atomic E-state index is 12.5. The topological polar surface area (TPSA) is 64.3 Å². The van der Waals surface area contributed by atoms with Crippen LogP contribution in [0.2, 0.25) is 0 Å². The van der Waals surface area contributed by atoms with Crippen LogP contribution >= 0.6 is 0 Å². The smallest absolute Gasteiger partial charge is 0.229 e. The van der Waals surface area contributed by atoms with Crippen molar-refractivity contribution in [2.75, 3.05) is 39.8 Å². The van der Waals surface area contributed by atoms with Gasteiger partial charge < -0.3 is 5.32 Å². The van der Waals surface area contributed by atoms with Crippen LogP contribution in [0.1, 0.15) is 43.9 Å². The van der Waals surface area contributed by atoms with E-state index in [0.29, 0.717) is 0 Å². The van der Waals surface area contributed by atoms with Crippen molar-refractivity contribution in [2.24, 2.45) is 0 Å². The quantitative estimate of drug-likeness (QED) is 0.868. The molecule has 23 heavy (non-hydrogen) atoms. The van der Waals surface area contributed by atoms with Crippen molar-refractivity contribution in [2.45, 2.75) is 44.6 Å². The molecule has 0 spiro atoms. The Morgan fingerprint density at radius 3 is 3.09 bits per heavy atom. The third-order valence-corrected chi connectivity index (χ3v) is 5.48. The van der Waals surface area contributed by atoms with Gasteiger partial charge in [-0.05, 0) is 45.7 Å². The SMILES string of the molecule is CN1CCN(CCNC(=O)C2CCCc3cn[nH]c32)CC1(C)C. The second kappa shape index (κ2) is 6.61. The average molecular weight is 319 g/mol. The monoisotopic (exact) mass is 319 g/mol. The van der Waals surface area contributed by atoms with Crippen molar-refractivity contribution in [1.29, 1.82) is 0 Å². The van der Waals surface area contributed by atoms with E-state index in [-0.39, 0.29) is 17.4 Å². The standard InChI is InChI=1S/C17H29N5O/c1-17(2)12-22(10-9-21(17)3)8-7-18-16(23)14-6-4-5-13-11-19-20-15(13)14/h11,14H,4-10,12H2,1-3H3,(H,18,23)(H,19,20). The highest BCUT2D eigenvalue weighted by Gasteiger charge is 2.31. The lowest BCUT2D eigenvalue weighted by Gasteiger charge is -2.45. The van der Waals surface area contributed by atoms with Crippen LogP contribution in [0.15, 0.2) is 6.20 Å². The van der Waals surface area contributed by atoms with Crippen LogP contribution in [0.25, 0.3) is 0 Å². The van der Waals surface area contributed by atoms with Crippen molar-refractivity contribution in [3.05, 3.63) is 17.5 Å². The fourth-order valence-electron chi connectivity index (χ4n) is 3.72. The Labute approximate surface area is 138 Å². The third kappa shape index (κ3) is 3.58. The van der Waals surface area contributed by atoms with Crippen LogP contribution in [-0.4, -0.2) is 71.2 Å². The van der Waals surface area contributed by atoms with Gasteiger partial charge in [0.2, 0.25) is 5.91 Å². The molecule has 0 radical (unpaired) electrons. The molecule has 2 N–H and O–H groups in total. The summed E-state index contributed by atoms with van der Waals surface area (Å²) in [6.07, 6.45) is 4.88. The Bertz CT molecular complexity index is 553. The van der Waals surface area contributed by atoms with Crippen molar-refractivity contribution < 1.29 is 4.79 Å². The number of aromatic nitrogens is 2. The Balaban J connectivity index is 1.47. The Hall–Kier alpha value is -1.40. The van der Waals surface area contributed by atoms with Gasteiger partial charge in [0.1, 0.15) is 0 Å². The van der Waals surface area contributed by atoms with Gasteiger partial charge in [0.25, 0.3) is 0 Å². The maximum Gasteiger partial charge on any atom is 0.229 e. The number of nitrogens with zero attached hydrogens (tertiary/aromatic N) is 3. The number of rotatable bonds is 4. The summed E-state index contributed by atoms with van der Waals surface area (Å²) in [6.45, 7) is 9.40. The summed E-state index contributed by atoms with van der Waals surface area (Å²) >= 11 is 0. The Kier molecular flexibility index (Phi) is 4.73. The summed E-state index contributed by atoms with van der Waals surface area (Å²) in [7, 11) is 2.18. The Morgan fingerprint density at radius 1 is 1.48 bits per heavy atom. The third-order valence-electron chi connectivity index (χ3n) is 5.48. The second-order valence-corrected chi connectivity index (χ2v) is 7.55. The summed E-state index contributed by atoms with van der Waals surface area (Å²) in [6, 6.07) is 0. The molecule has 1 amide bonds. The summed E-state index contributed by atoms with van der Waals surface area (Å²) in [5.74, 6) is 0.0915. The van der Waals surface area contributed by atoms with E-state index in [2.05, 4.69) is 46.2 Å². The summed E-state index contributed by atoms with van der Waals surface area (Å²) in [4.78, 5) is 17.3. The van der Waals surface area contributed by atoms with E-state index in [1.807, 2.05) is 6.20 Å². The number of likely N-dealkylation sites (N-methyl/N-ethyl adjacent to an activating group) is 1. The molecule has 6 heteroatoms. The van der Waals surface area contributed by atoms with Crippen LogP contribution in [-0.2, 0) is 11.2 Å². The molecule has 1 atom stereocenters. The van der Waals surface area contributed by atoms with Gasteiger partial charge in [0, 0.05) is 38.3 Å². The number of nitrogens with one attached hydrogen (secondary N) is 2. The van der Waals surface area contributed by atoms with Gasteiger partial charge in [0.05, 0.1) is 17.8 Å². The number of amides is 1. The van der Waals surface area contributed by atoms with Crippen molar-refractivity contribution in [3.63, 3.8) is 0 Å². The number of hydrogen-bond acceptors (Lipinski definition) is 4. The normalized spacial score (nSPS) is 25.1. The molecule has 1 saturated heterocycles. The van der Waals surface area contributed by atoms with Gasteiger partial charge in [0.15, 0.2) is 0 Å². The van der Waals surface area contributed by atoms with E-state index in [4.69, 9.17) is 0 Å². The molecule has 1 aliphatic heterocycles. The first-order valence-corrected chi connectivity index (χ1v) is 8.71. The second-order valence-electron chi connectivity index (χ2n) is 7.55. The highest BCUT2D eigenvalue weighted by atomic mass is 16.1. The molecule has 0 bridgehead atoms. The lowest BCUT2D eigenvalue weighted by Crippen LogP contribution is -2.58. The number of fused-ring (bicyclic) bond motifs is 1. The number of aryl methyl sites for hydroxylation is 1. The average Bonchev–Trinajstić information content (AvgIpc) is 2.99. The highest BCUT2D eigenvalue weighted by molar-refractivity contribution is 5.83. The van der Waals surface area contributed by atoms with Gasteiger partial charge in [-0.15, -0.1) is 0 Å². The minimum atomic E-state index is -0.0508. The maximum atomic E-state index is 12.5. The molecule has 1 aromatic heterocycles. The number of H-pyrrole nitrogens is 1. The largest absolute Gasteiger partial charge is 0.354 e. The fraction of sp³-hybridized carbons (Fsp3) is 0.765. The van der Waals surface area contributed by atoms with Crippen LogP contribution in [0.4, 0.5) is 0 Å². The minimum Gasteiger partial charge on any atom is -0.354 e. The number of aromatic amines is 1. The fourth-order valence-corrected chi connectivity index (χ4v) is 3.72. The zero-order valence-corrected chi connectivity index (χ0v) is 14.6. The van der Waals surface area contributed by atoms with Gasteiger partial charge in [-0.2, -0.15) is 5.10 Å². The number of hydrogen-bond donors (Lipinski definition) is 2. The van der Waals surface area contributed by atoms with Gasteiger partial charge in [-0.1, -0.05) is 0 Å². The molecule has 1 fully saturated rings. The van der Waals surface area contributed by atoms with Crippen LogP contribution in [0.5, 0.6) is 0 Å². The van der Waals surface area contributed by atoms with E-state index in [1.165, 1.54) is 5.56 Å². The predicted molar refractivity (Wildman–Crippen MR) is 90.4 cm³/mol. The molecule has 3 rings (SSSR count). The summed E-state index contributed by atoms with van der Waals surface area (Å²) in [5, 5.41) is 10.2. The molecule has 2 heterocycles. The van der Waals surface area contributed by atoms with Crippen molar-refractivity contribution >= 4 is 5.91 Å². The molecule has 1 aliphatic carbocycles. The first-order valence-electron chi connectivity index (χ1n) is 8.71. The molecular formula is C17H29N5O. The zero-order chi connectivity index (χ0) is 16.4. The van der Waals surface area contributed by atoms with E-state index in [9.17, 15) is 4.79 Å². The van der Waals surface area contributed by atoms with Crippen LogP contribution in [0, 0.1) is 0 Å². The lowest BCUT2D eigenvalue weighted by atomic mass is 9.87. The molecule has 0 aromatic carbocycles. The number of carbonyl (C=O) groups excluding carboxylic acids is 1. The molecule has 0 saturated carbocycles. The van der Waals surface area contributed by atoms with Crippen molar-refractivity contribution in [1.82, 2.24) is 25.3 Å². The number of piperazine rings is 1. The molecule has 2 aliphatic rings. The molecule has 1 aromatic rings. The van der Waals surface area contributed by atoms with E-state index >= 15 is 0 Å². The molecule has 1 unspecified atom stereocenters. The van der Waals surface area contributed by atoms with Crippen molar-refractivity contribution in [3.8, 4) is 0 Å². The van der Waals surface area contributed by atoms with E-state index in [0.717, 1.165) is 57.7 Å². The first kappa shape index (κ1) is 16.5. The van der Waals surface area contributed by atoms with Crippen LogP contribution in [0.3, 0.4) is 0 Å². The minimum absolute atomic E-state index is 0.0508. The highest BCUT2D eigenvalue weighted by Crippen LogP contribution is 2.29. The Morgan fingerprint density at radius 2 is 2.30 bits per heavy atom.